The summed E-state index contributed by atoms with van der Waals surface area (Å²) in [5.41, 5.74) is 1.54. The molecular formula is C63H86N6O14. The van der Waals surface area contributed by atoms with Gasteiger partial charge in [0, 0.05) is 43.8 Å². The van der Waals surface area contributed by atoms with Crippen LogP contribution in [0, 0.1) is 29.6 Å². The molecule has 0 radical (unpaired) electrons. The molecular weight excluding hydrogens is 1060 g/mol. The fourth-order valence-electron chi connectivity index (χ4n) is 10.5. The van der Waals surface area contributed by atoms with Crippen molar-refractivity contribution in [2.45, 2.75) is 169 Å². The third kappa shape index (κ3) is 17.3. The van der Waals surface area contributed by atoms with Gasteiger partial charge in [-0.1, -0.05) is 116 Å². The Labute approximate surface area is 488 Å². The van der Waals surface area contributed by atoms with Crippen LogP contribution in [0.2, 0.25) is 0 Å². The second-order valence-electron chi connectivity index (χ2n) is 23.3. The number of hydrogen-bond donors (Lipinski definition) is 4. The van der Waals surface area contributed by atoms with Gasteiger partial charge in [0.05, 0.1) is 31.6 Å². The number of cyclic esters (lactones) is 2. The number of hydrogen-bond acceptors (Lipinski definition) is 14. The summed E-state index contributed by atoms with van der Waals surface area (Å²) >= 11 is 0. The lowest BCUT2D eigenvalue weighted by Crippen LogP contribution is -2.61. The third-order valence-corrected chi connectivity index (χ3v) is 15.7. The van der Waals surface area contributed by atoms with Crippen molar-refractivity contribution >= 4 is 58.9 Å². The molecule has 11 atom stereocenters. The minimum absolute atomic E-state index is 0.0934. The van der Waals surface area contributed by atoms with Crippen LogP contribution in [0.4, 0.5) is 0 Å². The van der Waals surface area contributed by atoms with Crippen LogP contribution < -0.4 is 20.7 Å². The van der Waals surface area contributed by atoms with Gasteiger partial charge >= 0.3 is 11.9 Å². The minimum Gasteiger partial charge on any atom is -0.497 e. The lowest BCUT2D eigenvalue weighted by molar-refractivity contribution is -0.163. The Balaban J connectivity index is 1.60. The summed E-state index contributed by atoms with van der Waals surface area (Å²) in [5.74, 6) is -9.78. The second-order valence-corrected chi connectivity index (χ2v) is 23.3. The zero-order valence-corrected chi connectivity index (χ0v) is 50.3. The number of nitrogens with one attached hydrogen (secondary N) is 3. The molecule has 0 saturated carbocycles. The highest BCUT2D eigenvalue weighted by Gasteiger charge is 2.45. The van der Waals surface area contributed by atoms with Crippen molar-refractivity contribution in [2.75, 3.05) is 27.7 Å². The molecule has 2 aliphatic rings. The average molecular weight is 1150 g/mol. The van der Waals surface area contributed by atoms with Gasteiger partial charge in [-0.2, -0.15) is 0 Å². The molecule has 0 spiro atoms. The minimum atomic E-state index is -1.75. The second kappa shape index (κ2) is 30.2. The lowest BCUT2D eigenvalue weighted by atomic mass is 9.91. The molecule has 452 valence electrons. The number of aliphatic hydroxyl groups excluding tert-OH is 1. The highest BCUT2D eigenvalue weighted by Crippen LogP contribution is 2.27. The number of aliphatic hydroxyl groups is 1. The Morgan fingerprint density at radius 2 is 1.41 bits per heavy atom. The van der Waals surface area contributed by atoms with E-state index in [4.69, 9.17) is 14.2 Å². The van der Waals surface area contributed by atoms with Crippen molar-refractivity contribution in [3.63, 3.8) is 0 Å². The fourth-order valence-corrected chi connectivity index (χ4v) is 10.5. The highest BCUT2D eigenvalue weighted by atomic mass is 16.6. The Hall–Kier alpha value is -7.48. The number of likely N-dealkylation sites (N-methyl/N-ethyl adjacent to an activating group) is 2. The number of amides is 6. The van der Waals surface area contributed by atoms with Gasteiger partial charge in [-0.05, 0) is 93.0 Å². The number of Topliss-reactive ketones (excluding diaryl/α,β-unsaturated/α-hetero) is 1. The molecule has 3 aromatic rings. The molecule has 6 amide bonds. The van der Waals surface area contributed by atoms with E-state index >= 15 is 9.59 Å². The topological polar surface area (TPSA) is 264 Å². The smallest absolute Gasteiger partial charge is 0.329 e. The zero-order chi connectivity index (χ0) is 61.6. The first kappa shape index (κ1) is 66.3. The zero-order valence-electron chi connectivity index (χ0n) is 50.3. The maximum absolute atomic E-state index is 15.1. The molecule has 83 heavy (non-hydrogen) atoms. The standard InChI is InChI=1S/C63H86N6O14/c1-14-38(8)52-50(70)34-51(71)83-56(37(6)7)54(72)39(9)57(74)64-46(31-35(2)3)61(78)69-30-18-21-47(69)62(79)68(12)49(33-41-22-28-45(81-13)29-23-41)63(80)82-40(10)53(59(76)65-52)66-58(75)48(32-36(4)5)67(11)60(77)44-26-24-43(25-27-44)55(73)42-19-16-15-17-20-42/h15-17,19-20,22-29,35-40,46-50,52-53,56,70H,14,18,21,30-34H2,1-13H3,(H,64,74)(H,65,76)(H,66,75)/t38-,39-,40+,46-,47-,48+,49-,50-,52+,53+,56-/m0/s1. The quantitative estimate of drug-likeness (QED) is 0.0786. The van der Waals surface area contributed by atoms with Crippen molar-refractivity contribution in [3.8, 4) is 5.75 Å². The summed E-state index contributed by atoms with van der Waals surface area (Å²) in [6, 6.07) is 13.5. The molecule has 2 fully saturated rings. The van der Waals surface area contributed by atoms with Crippen LogP contribution >= 0.6 is 0 Å². The first-order valence-electron chi connectivity index (χ1n) is 28.9. The summed E-state index contributed by atoms with van der Waals surface area (Å²) in [4.78, 5) is 148. The van der Waals surface area contributed by atoms with E-state index in [1.807, 2.05) is 27.7 Å². The molecule has 3 aromatic carbocycles. The Morgan fingerprint density at radius 1 is 0.795 bits per heavy atom. The summed E-state index contributed by atoms with van der Waals surface area (Å²) < 4.78 is 17.3. The number of methoxy groups -OCH3 is 1. The molecule has 0 aliphatic carbocycles. The number of fused-ring (bicyclic) bond motifs is 1. The van der Waals surface area contributed by atoms with E-state index in [9.17, 15) is 43.5 Å². The molecule has 0 aromatic heterocycles. The van der Waals surface area contributed by atoms with E-state index in [0.29, 0.717) is 35.3 Å². The summed E-state index contributed by atoms with van der Waals surface area (Å²) in [6.07, 6.45) is -4.30. The maximum atomic E-state index is 15.1. The third-order valence-electron chi connectivity index (χ3n) is 15.7. The van der Waals surface area contributed by atoms with E-state index in [-0.39, 0.29) is 55.4 Å². The van der Waals surface area contributed by atoms with Crippen LogP contribution in [-0.4, -0.2) is 161 Å². The van der Waals surface area contributed by atoms with Gasteiger partial charge in [0.2, 0.25) is 29.5 Å². The van der Waals surface area contributed by atoms with E-state index in [1.165, 1.54) is 74.0 Å². The number of ketones is 2. The van der Waals surface area contributed by atoms with Crippen molar-refractivity contribution < 1.29 is 67.3 Å². The summed E-state index contributed by atoms with van der Waals surface area (Å²) in [5, 5.41) is 20.2. The van der Waals surface area contributed by atoms with E-state index in [1.54, 1.807) is 82.3 Å². The highest BCUT2D eigenvalue weighted by molar-refractivity contribution is 6.09. The molecule has 2 aliphatic heterocycles. The number of rotatable bonds is 16. The van der Waals surface area contributed by atoms with Gasteiger partial charge in [-0.25, -0.2) is 4.79 Å². The predicted octanol–water partition coefficient (Wildman–Crippen LogP) is 5.49. The van der Waals surface area contributed by atoms with Gasteiger partial charge in [-0.3, -0.25) is 43.2 Å². The van der Waals surface area contributed by atoms with Crippen LogP contribution in [0.5, 0.6) is 5.75 Å². The van der Waals surface area contributed by atoms with Gasteiger partial charge in [0.25, 0.3) is 5.91 Å². The number of esters is 2. The number of benzene rings is 3. The fraction of sp³-hybridized carbons (Fsp3) is 0.556. The van der Waals surface area contributed by atoms with Crippen molar-refractivity contribution in [1.82, 2.24) is 30.7 Å². The van der Waals surface area contributed by atoms with Gasteiger partial charge in [0.1, 0.15) is 42.1 Å². The summed E-state index contributed by atoms with van der Waals surface area (Å²) in [6.45, 7) is 17.0. The summed E-state index contributed by atoms with van der Waals surface area (Å²) in [7, 11) is 4.33. The molecule has 2 heterocycles. The first-order chi connectivity index (χ1) is 39.2. The number of nitrogens with zero attached hydrogens (tertiary/aromatic N) is 3. The Kier molecular flexibility index (Phi) is 24.1. The molecule has 4 N–H and O–H groups in total. The van der Waals surface area contributed by atoms with Crippen LogP contribution in [0.3, 0.4) is 0 Å². The van der Waals surface area contributed by atoms with Gasteiger partial charge in [0.15, 0.2) is 17.7 Å². The molecule has 0 unspecified atom stereocenters. The Bertz CT molecular complexity index is 2770. The average Bonchev–Trinajstić information content (AvgIpc) is 4.24. The molecule has 20 nitrogen and oxygen atoms in total. The predicted molar refractivity (Wildman–Crippen MR) is 309 cm³/mol. The largest absolute Gasteiger partial charge is 0.497 e. The van der Waals surface area contributed by atoms with Crippen LogP contribution in [-0.2, 0) is 54.3 Å². The maximum Gasteiger partial charge on any atom is 0.329 e. The van der Waals surface area contributed by atoms with Crippen LogP contribution in [0.15, 0.2) is 78.9 Å². The number of ether oxygens (including phenoxy) is 3. The Morgan fingerprint density at radius 3 is 1.99 bits per heavy atom. The van der Waals surface area contributed by atoms with E-state index < -0.39 is 132 Å². The molecule has 0 bridgehead atoms. The van der Waals surface area contributed by atoms with Gasteiger partial charge in [-0.15, -0.1) is 0 Å². The molecule has 5 rings (SSSR count). The van der Waals surface area contributed by atoms with E-state index in [0.717, 1.165) is 0 Å². The van der Waals surface area contributed by atoms with Gasteiger partial charge < -0.3 is 50.0 Å². The van der Waals surface area contributed by atoms with Crippen LogP contribution in [0.25, 0.3) is 0 Å². The number of carbonyl (C=O) groups excluding carboxylic acids is 10. The van der Waals surface area contributed by atoms with Crippen molar-refractivity contribution in [3.05, 3.63) is 101 Å². The monoisotopic (exact) mass is 1150 g/mol. The van der Waals surface area contributed by atoms with Crippen molar-refractivity contribution in [1.29, 1.82) is 0 Å². The molecule has 20 heteroatoms. The van der Waals surface area contributed by atoms with Crippen LogP contribution in [0.1, 0.15) is 140 Å². The lowest BCUT2D eigenvalue weighted by Gasteiger charge is -2.36. The SMILES string of the molecule is CC[C@H](C)[C@H]1NC(=O)[C@H](NC(=O)[C@@H](CC(C)C)N(C)C(=O)c2ccc(C(=O)c3ccccc3)cc2)[C@@H](C)OC(=O)[C@H](Cc2ccc(OC)cc2)N(C)C(=O)[C@@H]2CCCN2C(=O)[C@H](CC(C)C)NC(=O)[C@@H](C)C(=O)[C@H](C(C)C)OC(=O)C[C@@H]1O. The first-order valence-corrected chi connectivity index (χ1v) is 28.9. The normalized spacial score (nSPS) is 24.5. The van der Waals surface area contributed by atoms with Crippen molar-refractivity contribution in [2.24, 2.45) is 29.6 Å². The number of carbonyl (C=O) groups is 10. The molecule has 2 saturated heterocycles. The van der Waals surface area contributed by atoms with E-state index in [2.05, 4.69) is 16.0 Å².